The van der Waals surface area contributed by atoms with Crippen LogP contribution in [-0.4, -0.2) is 87.8 Å². The number of aliphatic hydroxyl groups is 1. The number of hydroxylamine groups is 1. The molecule has 0 radical (unpaired) electrons. The van der Waals surface area contributed by atoms with E-state index in [1.165, 1.54) is 21.9 Å². The third-order valence-electron chi connectivity index (χ3n) is 7.05. The Bertz CT molecular complexity index is 1220. The molecule has 182 valence electrons. The monoisotopic (exact) mass is 488 g/mol. The predicted octanol–water partition coefficient (Wildman–Crippen LogP) is -0.219. The van der Waals surface area contributed by atoms with Gasteiger partial charge in [-0.15, -0.1) is 0 Å². The highest BCUT2D eigenvalue weighted by Crippen LogP contribution is 2.31. The summed E-state index contributed by atoms with van der Waals surface area (Å²) in [7, 11) is -3.83. The minimum Gasteiger partial charge on any atom is -0.393 e. The zero-order valence-corrected chi connectivity index (χ0v) is 19.9. The molecular weight excluding hydrogens is 460 g/mol. The third kappa shape index (κ3) is 4.57. The van der Waals surface area contributed by atoms with Gasteiger partial charge in [-0.2, -0.15) is 0 Å². The Morgan fingerprint density at radius 3 is 2.59 bits per heavy atom. The van der Waals surface area contributed by atoms with Gasteiger partial charge in [-0.05, 0) is 44.1 Å². The Morgan fingerprint density at radius 2 is 2.00 bits per heavy atom. The first kappa shape index (κ1) is 24.3. The van der Waals surface area contributed by atoms with Gasteiger partial charge in [0.1, 0.15) is 0 Å². The van der Waals surface area contributed by atoms with Crippen molar-refractivity contribution < 1.29 is 28.3 Å². The van der Waals surface area contributed by atoms with Gasteiger partial charge in [0.15, 0.2) is 14.6 Å². The minimum atomic E-state index is -3.83. The second-order valence-corrected chi connectivity index (χ2v) is 11.9. The van der Waals surface area contributed by atoms with Crippen LogP contribution < -0.4 is 5.48 Å². The van der Waals surface area contributed by atoms with E-state index in [-0.39, 0.29) is 31.6 Å². The van der Waals surface area contributed by atoms with Crippen LogP contribution in [0.5, 0.6) is 0 Å². The fourth-order valence-corrected chi connectivity index (χ4v) is 5.25. The Kier molecular flexibility index (Phi) is 6.49. The summed E-state index contributed by atoms with van der Waals surface area (Å²) in [6.45, 7) is 3.34. The first-order chi connectivity index (χ1) is 16.0. The number of fused-ring (bicyclic) bond motifs is 1. The van der Waals surface area contributed by atoms with Gasteiger partial charge in [-0.3, -0.25) is 19.5 Å². The number of hydrogen-bond acceptors (Lipinski definition) is 7. The minimum absolute atomic E-state index is 0.0300. The van der Waals surface area contributed by atoms with Crippen molar-refractivity contribution in [3.05, 3.63) is 23.5 Å². The second kappa shape index (κ2) is 9.08. The molecule has 1 atom stereocenters. The van der Waals surface area contributed by atoms with Gasteiger partial charge in [0.25, 0.3) is 5.91 Å². The van der Waals surface area contributed by atoms with Crippen LogP contribution in [0.1, 0.15) is 37.4 Å². The normalized spacial score (nSPS) is 24.0. The fourth-order valence-electron chi connectivity index (χ4n) is 4.40. The number of nitrogens with one attached hydrogen (secondary N) is 1. The molecule has 3 aliphatic rings. The highest BCUT2D eigenvalue weighted by molar-refractivity contribution is 7.92. The lowest BCUT2D eigenvalue weighted by atomic mass is 9.84. The van der Waals surface area contributed by atoms with Crippen molar-refractivity contribution in [2.24, 2.45) is 5.92 Å². The molecule has 0 aromatic carbocycles. The molecule has 10 nitrogen and oxygen atoms in total. The number of hydrogen-bond donors (Lipinski definition) is 3. The largest absolute Gasteiger partial charge is 0.393 e. The van der Waals surface area contributed by atoms with Crippen molar-refractivity contribution in [2.75, 3.05) is 25.9 Å². The van der Waals surface area contributed by atoms with E-state index in [0.29, 0.717) is 23.2 Å². The molecule has 0 spiro atoms. The quantitative estimate of drug-likeness (QED) is 0.287. The van der Waals surface area contributed by atoms with Gasteiger partial charge in [-0.1, -0.05) is 11.8 Å². The Labute approximate surface area is 198 Å². The second-order valence-electron chi connectivity index (χ2n) is 9.44. The van der Waals surface area contributed by atoms with Gasteiger partial charge in [-0.25, -0.2) is 18.7 Å². The van der Waals surface area contributed by atoms with Crippen molar-refractivity contribution in [1.82, 2.24) is 19.8 Å². The van der Waals surface area contributed by atoms with Crippen LogP contribution >= 0.6 is 0 Å². The smallest absolute Gasteiger partial charge is 0.328 e. The molecule has 2 fully saturated rings. The summed E-state index contributed by atoms with van der Waals surface area (Å²) < 4.78 is 23.8. The third-order valence-corrected chi connectivity index (χ3v) is 9.07. The standard InChI is InChI=1S/C23H28N4O6S/c1-23(21(29)24-31,34(2,32)33)7-8-25-15-19-9-16(14-27(19)22(25)30)5-3-4-6-17-12-26(13-17)18-10-20(28)11-18/h9,14,17-18,20,28,31H,7-8,10-13,15H2,1-2H3,(H,24,29)/t18-,20+,23-/m1/s1. The summed E-state index contributed by atoms with van der Waals surface area (Å²) in [5.74, 6) is 11.1. The number of sulfone groups is 1. The van der Waals surface area contributed by atoms with E-state index < -0.39 is 20.5 Å². The molecule has 1 aliphatic carbocycles. The van der Waals surface area contributed by atoms with Crippen LogP contribution in [-0.2, 0) is 21.2 Å². The average molecular weight is 489 g/mol. The zero-order chi connectivity index (χ0) is 24.7. The van der Waals surface area contributed by atoms with Gasteiger partial charge < -0.3 is 10.0 Å². The SMILES string of the molecule is C[C@@](CCN1Cc2cc(C#CC#CC3CN([C@H]4C[C@@H](O)C4)C3)cn2C1=O)(C(=O)NO)S(C)(=O)=O. The van der Waals surface area contributed by atoms with Crippen LogP contribution in [0.4, 0.5) is 4.79 Å². The van der Waals surface area contributed by atoms with Gasteiger partial charge >= 0.3 is 6.03 Å². The molecule has 1 saturated carbocycles. The number of carbonyl (C=O) groups excluding carboxylic acids is 2. The van der Waals surface area contributed by atoms with E-state index in [4.69, 9.17) is 5.21 Å². The maximum Gasteiger partial charge on any atom is 0.328 e. The number of aromatic nitrogens is 1. The molecule has 0 unspecified atom stereocenters. The maximum atomic E-state index is 12.7. The summed E-state index contributed by atoms with van der Waals surface area (Å²) in [5.41, 5.74) is 2.78. The summed E-state index contributed by atoms with van der Waals surface area (Å²) in [5, 5.41) is 18.3. The van der Waals surface area contributed by atoms with E-state index in [1.807, 2.05) is 0 Å². The number of likely N-dealkylation sites (tertiary alicyclic amines) is 1. The summed E-state index contributed by atoms with van der Waals surface area (Å²) in [6.07, 6.45) is 3.94. The average Bonchev–Trinajstić information content (AvgIpc) is 3.25. The van der Waals surface area contributed by atoms with Crippen LogP contribution in [0.3, 0.4) is 0 Å². The maximum absolute atomic E-state index is 12.7. The Balaban J connectivity index is 1.30. The molecule has 4 rings (SSSR count). The van der Waals surface area contributed by atoms with E-state index in [2.05, 4.69) is 28.6 Å². The van der Waals surface area contributed by atoms with Crippen molar-refractivity contribution in [1.29, 1.82) is 0 Å². The van der Waals surface area contributed by atoms with Crippen LogP contribution in [0.15, 0.2) is 12.3 Å². The molecule has 0 bridgehead atoms. The number of rotatable bonds is 6. The highest BCUT2D eigenvalue weighted by Gasteiger charge is 2.44. The molecule has 2 amide bonds. The number of aliphatic hydroxyl groups excluding tert-OH is 1. The first-order valence-electron chi connectivity index (χ1n) is 11.1. The van der Waals surface area contributed by atoms with E-state index in [1.54, 1.807) is 12.3 Å². The molecule has 1 saturated heterocycles. The zero-order valence-electron chi connectivity index (χ0n) is 19.1. The summed E-state index contributed by atoms with van der Waals surface area (Å²) in [4.78, 5) is 28.5. The van der Waals surface area contributed by atoms with Crippen LogP contribution in [0.25, 0.3) is 0 Å². The lowest BCUT2D eigenvalue weighted by molar-refractivity contribution is -0.131. The number of nitrogens with zero attached hydrogens (tertiary/aromatic N) is 3. The van der Waals surface area contributed by atoms with Crippen molar-refractivity contribution >= 4 is 21.8 Å². The van der Waals surface area contributed by atoms with Crippen molar-refractivity contribution in [3.63, 3.8) is 0 Å². The molecule has 2 aliphatic heterocycles. The Morgan fingerprint density at radius 1 is 1.29 bits per heavy atom. The first-order valence-corrected chi connectivity index (χ1v) is 13.0. The number of amides is 2. The van der Waals surface area contributed by atoms with E-state index in [0.717, 1.165) is 32.2 Å². The van der Waals surface area contributed by atoms with E-state index in [9.17, 15) is 23.1 Å². The van der Waals surface area contributed by atoms with Gasteiger partial charge in [0, 0.05) is 55.3 Å². The molecule has 1 aromatic rings. The molecule has 3 heterocycles. The lowest BCUT2D eigenvalue weighted by Crippen LogP contribution is -2.57. The fraction of sp³-hybridized carbons (Fsp3) is 0.565. The molecule has 11 heteroatoms. The summed E-state index contributed by atoms with van der Waals surface area (Å²) >= 11 is 0. The molecule has 3 N–H and O–H groups in total. The molecule has 1 aromatic heterocycles. The Hall–Kier alpha value is -2.83. The molecular formula is C23H28N4O6S. The van der Waals surface area contributed by atoms with Crippen molar-refractivity contribution in [3.8, 4) is 23.7 Å². The van der Waals surface area contributed by atoms with Gasteiger partial charge in [0.2, 0.25) is 0 Å². The van der Waals surface area contributed by atoms with Crippen molar-refractivity contribution in [2.45, 2.75) is 49.6 Å². The van der Waals surface area contributed by atoms with Crippen LogP contribution in [0, 0.1) is 29.6 Å². The van der Waals surface area contributed by atoms with E-state index >= 15 is 0 Å². The molecule has 34 heavy (non-hydrogen) atoms. The lowest BCUT2D eigenvalue weighted by Gasteiger charge is -2.48. The van der Waals surface area contributed by atoms with Crippen LogP contribution in [0.2, 0.25) is 0 Å². The predicted molar refractivity (Wildman–Crippen MR) is 122 cm³/mol. The summed E-state index contributed by atoms with van der Waals surface area (Å²) in [6, 6.07) is 1.95. The topological polar surface area (TPSA) is 132 Å². The number of carbonyl (C=O) groups is 2. The van der Waals surface area contributed by atoms with Gasteiger partial charge in [0.05, 0.1) is 12.6 Å². The highest BCUT2D eigenvalue weighted by atomic mass is 32.2.